The number of amides is 1. The average Bonchev–Trinajstić information content (AvgIpc) is 2.59. The molecule has 1 amide bonds. The topological polar surface area (TPSA) is 80.6 Å². The van der Waals surface area contributed by atoms with E-state index in [9.17, 15) is 9.59 Å². The zero-order valence-electron chi connectivity index (χ0n) is 18.5. The molecule has 0 saturated carbocycles. The first kappa shape index (κ1) is 22.6. The van der Waals surface area contributed by atoms with Crippen LogP contribution in [-0.4, -0.2) is 29.1 Å². The van der Waals surface area contributed by atoms with Crippen LogP contribution in [0.4, 0.5) is 0 Å². The minimum atomic E-state index is -0.748. The van der Waals surface area contributed by atoms with Gasteiger partial charge in [-0.05, 0) is 65.5 Å². The zero-order chi connectivity index (χ0) is 22.3. The van der Waals surface area contributed by atoms with Crippen LogP contribution in [0, 0.1) is 0 Å². The van der Waals surface area contributed by atoms with Crippen molar-refractivity contribution in [1.82, 2.24) is 10.6 Å². The van der Waals surface area contributed by atoms with Crippen LogP contribution in [0.2, 0.25) is 5.02 Å². The van der Waals surface area contributed by atoms with Crippen LogP contribution in [0.1, 0.15) is 59.9 Å². The van der Waals surface area contributed by atoms with Crippen LogP contribution in [0.15, 0.2) is 27.4 Å². The zero-order valence-corrected chi connectivity index (χ0v) is 19.3. The first-order chi connectivity index (χ1) is 13.9. The van der Waals surface area contributed by atoms with Gasteiger partial charge in [-0.25, -0.2) is 4.79 Å². The Bertz CT molecular complexity index is 996. The van der Waals surface area contributed by atoms with Gasteiger partial charge in [-0.2, -0.15) is 0 Å². The third-order valence-electron chi connectivity index (χ3n) is 5.47. The van der Waals surface area contributed by atoms with Crippen molar-refractivity contribution in [3.8, 4) is 5.75 Å². The van der Waals surface area contributed by atoms with Gasteiger partial charge in [0, 0.05) is 34.6 Å². The molecule has 1 fully saturated rings. The largest absolute Gasteiger partial charge is 0.479 e. The van der Waals surface area contributed by atoms with Crippen molar-refractivity contribution in [2.24, 2.45) is 0 Å². The van der Waals surface area contributed by atoms with Crippen LogP contribution in [-0.2, 0) is 11.2 Å². The summed E-state index contributed by atoms with van der Waals surface area (Å²) in [6.07, 6.45) is 1.59. The Balaban J connectivity index is 1.76. The fourth-order valence-corrected chi connectivity index (χ4v) is 4.81. The highest BCUT2D eigenvalue weighted by atomic mass is 35.5. The molecule has 0 radical (unpaired) electrons. The van der Waals surface area contributed by atoms with Gasteiger partial charge in [-0.15, -0.1) is 0 Å². The number of aryl methyl sites for hydroxylation is 1. The number of carbonyl (C=O) groups excluding carboxylic acids is 1. The van der Waals surface area contributed by atoms with Gasteiger partial charge in [0.15, 0.2) is 6.10 Å². The summed E-state index contributed by atoms with van der Waals surface area (Å²) in [7, 11) is 0. The van der Waals surface area contributed by atoms with Crippen molar-refractivity contribution in [3.63, 3.8) is 0 Å². The normalized spacial score (nSPS) is 19.4. The number of carbonyl (C=O) groups is 1. The number of ether oxygens (including phenoxy) is 1. The molecule has 0 spiro atoms. The van der Waals surface area contributed by atoms with Gasteiger partial charge in [-0.3, -0.25) is 4.79 Å². The summed E-state index contributed by atoms with van der Waals surface area (Å²) in [6.45, 7) is 12.2. The van der Waals surface area contributed by atoms with Crippen LogP contribution in [0.25, 0.3) is 11.0 Å². The quantitative estimate of drug-likeness (QED) is 0.689. The average molecular weight is 435 g/mol. The van der Waals surface area contributed by atoms with E-state index in [-0.39, 0.29) is 23.0 Å². The summed E-state index contributed by atoms with van der Waals surface area (Å²) in [6, 6.07) is 4.82. The Morgan fingerprint density at radius 3 is 2.50 bits per heavy atom. The lowest BCUT2D eigenvalue weighted by Gasteiger charge is -2.46. The minimum absolute atomic E-state index is 0.0482. The van der Waals surface area contributed by atoms with Crippen molar-refractivity contribution >= 4 is 28.5 Å². The summed E-state index contributed by atoms with van der Waals surface area (Å²) in [4.78, 5) is 24.6. The van der Waals surface area contributed by atoms with Gasteiger partial charge in [-0.1, -0.05) is 18.5 Å². The number of halogens is 1. The molecule has 164 valence electrons. The molecular formula is C23H31ClN2O4. The van der Waals surface area contributed by atoms with E-state index in [1.54, 1.807) is 19.1 Å². The molecule has 1 saturated heterocycles. The third-order valence-corrected chi connectivity index (χ3v) is 5.77. The van der Waals surface area contributed by atoms with E-state index in [0.717, 1.165) is 23.8 Å². The number of hydrogen-bond acceptors (Lipinski definition) is 5. The first-order valence-electron chi connectivity index (χ1n) is 10.4. The summed E-state index contributed by atoms with van der Waals surface area (Å²) in [5.41, 5.74) is 0.694. The summed E-state index contributed by atoms with van der Waals surface area (Å²) in [5.74, 6) is 0.114. The maximum absolute atomic E-state index is 12.8. The van der Waals surface area contributed by atoms with Crippen molar-refractivity contribution in [1.29, 1.82) is 0 Å². The lowest BCUT2D eigenvalue weighted by Crippen LogP contribution is -2.62. The molecule has 2 heterocycles. The fraction of sp³-hybridized carbons (Fsp3) is 0.565. The highest BCUT2D eigenvalue weighted by Gasteiger charge is 2.38. The van der Waals surface area contributed by atoms with E-state index in [1.165, 1.54) is 6.07 Å². The molecule has 2 aromatic rings. The number of hydrogen-bond donors (Lipinski definition) is 2. The molecule has 7 heteroatoms. The predicted molar refractivity (Wildman–Crippen MR) is 119 cm³/mol. The monoisotopic (exact) mass is 434 g/mol. The standard InChI is InChI=1S/C23H31ClN2O4/c1-7-14-8-20(27)30-18-10-19(17(24)9-16(14)18)29-13(2)21(28)25-15-11-22(3,4)26-23(5,6)12-15/h8-10,13,15,26H,7,11-12H2,1-6H3,(H,25,28). The minimum Gasteiger partial charge on any atom is -0.479 e. The summed E-state index contributed by atoms with van der Waals surface area (Å²) >= 11 is 6.40. The second kappa shape index (κ2) is 8.23. The van der Waals surface area contributed by atoms with Crippen molar-refractivity contribution in [2.45, 2.75) is 84.0 Å². The van der Waals surface area contributed by atoms with Gasteiger partial charge < -0.3 is 19.8 Å². The van der Waals surface area contributed by atoms with Gasteiger partial charge in [0.1, 0.15) is 11.3 Å². The van der Waals surface area contributed by atoms with Crippen LogP contribution >= 0.6 is 11.6 Å². The SMILES string of the molecule is CCc1cc(=O)oc2cc(OC(C)C(=O)NC3CC(C)(C)NC(C)(C)C3)c(Cl)cc12. The maximum atomic E-state index is 12.8. The number of fused-ring (bicyclic) bond motifs is 1. The number of rotatable bonds is 5. The molecule has 1 aromatic heterocycles. The van der Waals surface area contributed by atoms with Crippen molar-refractivity contribution in [2.75, 3.05) is 0 Å². The Hall–Kier alpha value is -2.05. The lowest BCUT2D eigenvalue weighted by atomic mass is 9.79. The Labute approximate surface area is 182 Å². The van der Waals surface area contributed by atoms with Gasteiger partial charge in [0.05, 0.1) is 5.02 Å². The smallest absolute Gasteiger partial charge is 0.336 e. The molecule has 0 bridgehead atoms. The number of piperidine rings is 1. The molecule has 1 atom stereocenters. The molecule has 30 heavy (non-hydrogen) atoms. The Morgan fingerprint density at radius 2 is 1.90 bits per heavy atom. The van der Waals surface area contributed by atoms with E-state index in [1.807, 2.05) is 6.92 Å². The van der Waals surface area contributed by atoms with Gasteiger partial charge in [0.25, 0.3) is 5.91 Å². The van der Waals surface area contributed by atoms with Crippen molar-refractivity contribution < 1.29 is 13.9 Å². The fourth-order valence-electron chi connectivity index (χ4n) is 4.60. The molecule has 1 aliphatic heterocycles. The maximum Gasteiger partial charge on any atom is 0.336 e. The van der Waals surface area contributed by atoms with E-state index < -0.39 is 11.7 Å². The van der Waals surface area contributed by atoms with Crippen LogP contribution < -0.4 is 21.0 Å². The molecule has 1 aliphatic rings. The Morgan fingerprint density at radius 1 is 1.27 bits per heavy atom. The number of nitrogens with one attached hydrogen (secondary N) is 2. The van der Waals surface area contributed by atoms with Gasteiger partial charge in [0.2, 0.25) is 0 Å². The molecule has 6 nitrogen and oxygen atoms in total. The number of benzene rings is 1. The van der Waals surface area contributed by atoms with E-state index in [4.69, 9.17) is 20.8 Å². The van der Waals surface area contributed by atoms with Crippen LogP contribution in [0.3, 0.4) is 0 Å². The summed E-state index contributed by atoms with van der Waals surface area (Å²) in [5, 5.41) is 7.86. The second-order valence-corrected chi connectivity index (χ2v) is 9.90. The highest BCUT2D eigenvalue weighted by Crippen LogP contribution is 2.32. The van der Waals surface area contributed by atoms with Gasteiger partial charge >= 0.3 is 5.63 Å². The van der Waals surface area contributed by atoms with E-state index in [2.05, 4.69) is 38.3 Å². The second-order valence-electron chi connectivity index (χ2n) is 9.49. The third kappa shape index (κ3) is 5.16. The summed E-state index contributed by atoms with van der Waals surface area (Å²) < 4.78 is 11.2. The highest BCUT2D eigenvalue weighted by molar-refractivity contribution is 6.32. The lowest BCUT2D eigenvalue weighted by molar-refractivity contribution is -0.128. The predicted octanol–water partition coefficient (Wildman–Crippen LogP) is 4.20. The molecule has 1 aromatic carbocycles. The molecular weight excluding hydrogens is 404 g/mol. The molecule has 0 aliphatic carbocycles. The molecule has 2 N–H and O–H groups in total. The molecule has 3 rings (SSSR count). The molecule has 1 unspecified atom stereocenters. The van der Waals surface area contributed by atoms with E-state index in [0.29, 0.717) is 22.8 Å². The first-order valence-corrected chi connectivity index (χ1v) is 10.8. The Kier molecular flexibility index (Phi) is 6.21. The van der Waals surface area contributed by atoms with E-state index >= 15 is 0 Å². The van der Waals surface area contributed by atoms with Crippen molar-refractivity contribution in [3.05, 3.63) is 39.2 Å². The van der Waals surface area contributed by atoms with Crippen LogP contribution in [0.5, 0.6) is 5.75 Å².